The number of nitrogens with one attached hydrogen (secondary N) is 2. The van der Waals surface area contributed by atoms with E-state index in [1.54, 1.807) is 0 Å². The molecular formula is C16H23ClN2O. The van der Waals surface area contributed by atoms with Gasteiger partial charge in [0.15, 0.2) is 0 Å². The summed E-state index contributed by atoms with van der Waals surface area (Å²) >= 11 is 6.11. The van der Waals surface area contributed by atoms with Crippen LogP contribution < -0.4 is 10.6 Å². The molecule has 1 atom stereocenters. The maximum absolute atomic E-state index is 11.7. The largest absolute Gasteiger partial charge is 0.355 e. The van der Waals surface area contributed by atoms with Gasteiger partial charge in [-0.1, -0.05) is 38.4 Å². The summed E-state index contributed by atoms with van der Waals surface area (Å²) in [6, 6.07) is 6.22. The lowest BCUT2D eigenvalue weighted by Gasteiger charge is -2.28. The molecule has 1 aromatic rings. The molecule has 1 unspecified atom stereocenters. The molecule has 2 N–H and O–H groups in total. The minimum absolute atomic E-state index is 0.0538. The summed E-state index contributed by atoms with van der Waals surface area (Å²) in [7, 11) is 0. The Morgan fingerprint density at radius 3 is 2.90 bits per heavy atom. The number of halogens is 1. The number of rotatable bonds is 5. The van der Waals surface area contributed by atoms with Gasteiger partial charge in [0.2, 0.25) is 5.91 Å². The molecule has 4 heteroatoms. The monoisotopic (exact) mass is 294 g/mol. The standard InChI is InChI=1S/C16H23ClN2O/c1-4-7-18-14(20)10-19-15-13-8-12(17)6-5-11(13)9-16(15,2)3/h5-6,8,15,19H,4,7,9-10H2,1-3H3,(H,18,20). The quantitative estimate of drug-likeness (QED) is 0.876. The van der Waals surface area contributed by atoms with Crippen molar-refractivity contribution < 1.29 is 4.79 Å². The summed E-state index contributed by atoms with van der Waals surface area (Å²) in [6.45, 7) is 7.58. The fourth-order valence-electron chi connectivity index (χ4n) is 2.92. The summed E-state index contributed by atoms with van der Waals surface area (Å²) in [5.41, 5.74) is 2.65. The summed E-state index contributed by atoms with van der Waals surface area (Å²) < 4.78 is 0. The van der Waals surface area contributed by atoms with Crippen LogP contribution in [0.15, 0.2) is 18.2 Å². The molecule has 1 aliphatic rings. The van der Waals surface area contributed by atoms with E-state index >= 15 is 0 Å². The predicted octanol–water partition coefficient (Wildman–Crippen LogP) is 3.08. The summed E-state index contributed by atoms with van der Waals surface area (Å²) in [5.74, 6) is 0.0538. The lowest BCUT2D eigenvalue weighted by molar-refractivity contribution is -0.120. The Bertz CT molecular complexity index is 499. The molecule has 3 nitrogen and oxygen atoms in total. The maximum Gasteiger partial charge on any atom is 0.233 e. The molecule has 0 saturated heterocycles. The summed E-state index contributed by atoms with van der Waals surface area (Å²) in [4.78, 5) is 11.7. The lowest BCUT2D eigenvalue weighted by Crippen LogP contribution is -2.39. The third kappa shape index (κ3) is 3.33. The average molecular weight is 295 g/mol. The van der Waals surface area contributed by atoms with E-state index in [-0.39, 0.29) is 17.4 Å². The van der Waals surface area contributed by atoms with Crippen LogP contribution in [0.2, 0.25) is 5.02 Å². The van der Waals surface area contributed by atoms with Crippen LogP contribution in [0.5, 0.6) is 0 Å². The molecule has 0 saturated carbocycles. The van der Waals surface area contributed by atoms with Gasteiger partial charge in [0.1, 0.15) is 0 Å². The fraction of sp³-hybridized carbons (Fsp3) is 0.562. The van der Waals surface area contributed by atoms with Crippen molar-refractivity contribution in [2.75, 3.05) is 13.1 Å². The fourth-order valence-corrected chi connectivity index (χ4v) is 3.10. The average Bonchev–Trinajstić information content (AvgIpc) is 2.63. The number of hydrogen-bond donors (Lipinski definition) is 2. The van der Waals surface area contributed by atoms with E-state index in [1.165, 1.54) is 11.1 Å². The van der Waals surface area contributed by atoms with E-state index in [4.69, 9.17) is 11.6 Å². The lowest BCUT2D eigenvalue weighted by atomic mass is 9.85. The van der Waals surface area contributed by atoms with Gasteiger partial charge in [0.25, 0.3) is 0 Å². The minimum Gasteiger partial charge on any atom is -0.355 e. The Morgan fingerprint density at radius 2 is 2.20 bits per heavy atom. The molecule has 0 bridgehead atoms. The van der Waals surface area contributed by atoms with Gasteiger partial charge in [-0.2, -0.15) is 0 Å². The molecule has 110 valence electrons. The first kappa shape index (κ1) is 15.3. The number of amides is 1. The Labute approximate surface area is 126 Å². The Kier molecular flexibility index (Phi) is 4.71. The number of carbonyl (C=O) groups excluding carboxylic acids is 1. The third-order valence-corrected chi connectivity index (χ3v) is 4.12. The van der Waals surface area contributed by atoms with E-state index < -0.39 is 0 Å². The van der Waals surface area contributed by atoms with Gasteiger partial charge >= 0.3 is 0 Å². The van der Waals surface area contributed by atoms with Crippen molar-refractivity contribution in [3.63, 3.8) is 0 Å². The highest BCUT2D eigenvalue weighted by molar-refractivity contribution is 6.30. The van der Waals surface area contributed by atoms with Crippen LogP contribution in [0.4, 0.5) is 0 Å². The molecule has 0 aromatic heterocycles. The smallest absolute Gasteiger partial charge is 0.233 e. The first-order valence-electron chi connectivity index (χ1n) is 7.22. The van der Waals surface area contributed by atoms with E-state index in [9.17, 15) is 4.79 Å². The number of fused-ring (bicyclic) bond motifs is 1. The van der Waals surface area contributed by atoms with Crippen molar-refractivity contribution in [3.05, 3.63) is 34.3 Å². The van der Waals surface area contributed by atoms with Crippen LogP contribution in [-0.4, -0.2) is 19.0 Å². The van der Waals surface area contributed by atoms with Crippen molar-refractivity contribution in [3.8, 4) is 0 Å². The highest BCUT2D eigenvalue weighted by Gasteiger charge is 2.38. The third-order valence-electron chi connectivity index (χ3n) is 3.89. The van der Waals surface area contributed by atoms with Gasteiger partial charge < -0.3 is 10.6 Å². The van der Waals surface area contributed by atoms with E-state index in [2.05, 4.69) is 30.5 Å². The topological polar surface area (TPSA) is 41.1 Å². The zero-order valence-corrected chi connectivity index (χ0v) is 13.2. The first-order chi connectivity index (χ1) is 9.44. The number of benzene rings is 1. The molecule has 2 rings (SSSR count). The highest BCUT2D eigenvalue weighted by Crippen LogP contribution is 2.45. The van der Waals surface area contributed by atoms with Gasteiger partial charge in [0.05, 0.1) is 6.54 Å². The zero-order chi connectivity index (χ0) is 14.8. The van der Waals surface area contributed by atoms with Crippen LogP contribution in [0.1, 0.15) is 44.4 Å². The highest BCUT2D eigenvalue weighted by atomic mass is 35.5. The van der Waals surface area contributed by atoms with Crippen LogP contribution >= 0.6 is 11.6 Å². The van der Waals surface area contributed by atoms with Gasteiger partial charge in [0, 0.05) is 17.6 Å². The van der Waals surface area contributed by atoms with Crippen molar-refractivity contribution in [2.24, 2.45) is 5.41 Å². The molecule has 0 spiro atoms. The van der Waals surface area contributed by atoms with Crippen LogP contribution in [0, 0.1) is 5.41 Å². The van der Waals surface area contributed by atoms with E-state index in [0.29, 0.717) is 6.54 Å². The van der Waals surface area contributed by atoms with Crippen LogP contribution in [-0.2, 0) is 11.2 Å². The zero-order valence-electron chi connectivity index (χ0n) is 12.4. The molecule has 0 heterocycles. The molecule has 0 aliphatic heterocycles. The maximum atomic E-state index is 11.7. The van der Waals surface area contributed by atoms with Crippen LogP contribution in [0.25, 0.3) is 0 Å². The van der Waals surface area contributed by atoms with Gasteiger partial charge in [-0.25, -0.2) is 0 Å². The number of carbonyl (C=O) groups is 1. The van der Waals surface area contributed by atoms with Gasteiger partial charge in [-0.15, -0.1) is 0 Å². The SMILES string of the molecule is CCCNC(=O)CNC1c2cc(Cl)ccc2CC1(C)C. The molecule has 1 aromatic carbocycles. The van der Waals surface area contributed by atoms with E-state index in [0.717, 1.165) is 24.4 Å². The Hall–Kier alpha value is -1.06. The summed E-state index contributed by atoms with van der Waals surface area (Å²) in [6.07, 6.45) is 1.97. The van der Waals surface area contributed by atoms with Gasteiger partial charge in [-0.3, -0.25) is 4.79 Å². The van der Waals surface area contributed by atoms with Crippen molar-refractivity contribution in [2.45, 2.75) is 39.7 Å². The molecular weight excluding hydrogens is 272 g/mol. The van der Waals surface area contributed by atoms with Crippen molar-refractivity contribution in [1.29, 1.82) is 0 Å². The second-order valence-corrected chi connectivity index (χ2v) is 6.61. The second kappa shape index (κ2) is 6.15. The normalized spacial score (nSPS) is 19.7. The van der Waals surface area contributed by atoms with Crippen molar-refractivity contribution in [1.82, 2.24) is 10.6 Å². The Morgan fingerprint density at radius 1 is 1.45 bits per heavy atom. The molecule has 1 aliphatic carbocycles. The summed E-state index contributed by atoms with van der Waals surface area (Å²) in [5, 5.41) is 7.04. The molecule has 0 fully saturated rings. The first-order valence-corrected chi connectivity index (χ1v) is 7.60. The van der Waals surface area contributed by atoms with Crippen molar-refractivity contribution >= 4 is 17.5 Å². The van der Waals surface area contributed by atoms with Crippen LogP contribution in [0.3, 0.4) is 0 Å². The number of hydrogen-bond acceptors (Lipinski definition) is 2. The Balaban J connectivity index is 2.07. The second-order valence-electron chi connectivity index (χ2n) is 6.17. The molecule has 20 heavy (non-hydrogen) atoms. The molecule has 1 amide bonds. The van der Waals surface area contributed by atoms with E-state index in [1.807, 2.05) is 19.1 Å². The predicted molar refractivity (Wildman–Crippen MR) is 83.0 cm³/mol. The minimum atomic E-state index is 0.0538. The molecule has 0 radical (unpaired) electrons. The van der Waals surface area contributed by atoms with Gasteiger partial charge in [-0.05, 0) is 41.5 Å².